The number of nitrogens with one attached hydrogen (secondary N) is 1. The van der Waals surface area contributed by atoms with Crippen molar-refractivity contribution >= 4 is 61.5 Å². The lowest BCUT2D eigenvalue weighted by Crippen LogP contribution is -2.22. The maximum absolute atomic E-state index is 6.27. The molecular weight excluding hydrogens is 469 g/mol. The summed E-state index contributed by atoms with van der Waals surface area (Å²) in [4.78, 5) is 2.63. The van der Waals surface area contributed by atoms with Gasteiger partial charge in [0.1, 0.15) is 0 Å². The number of hydrogen-bond acceptors (Lipinski definition) is 2. The zero-order valence-electron chi connectivity index (χ0n) is 11.3. The van der Waals surface area contributed by atoms with E-state index in [2.05, 4.69) is 82.0 Å². The molecule has 1 nitrogen and oxygen atoms in total. The van der Waals surface area contributed by atoms with E-state index in [9.17, 15) is 0 Å². The molecule has 20 heavy (non-hydrogen) atoms. The van der Waals surface area contributed by atoms with E-state index < -0.39 is 0 Å². The van der Waals surface area contributed by atoms with Crippen LogP contribution in [0.15, 0.2) is 28.7 Å². The molecule has 2 rings (SSSR count). The lowest BCUT2D eigenvalue weighted by Gasteiger charge is -2.18. The smallest absolute Gasteiger partial charge is 0.0672 e. The third kappa shape index (κ3) is 3.97. The number of rotatable bonds is 5. The monoisotopic (exact) mass is 483 g/mol. The summed E-state index contributed by atoms with van der Waals surface area (Å²) in [5, 5.41) is 4.44. The van der Waals surface area contributed by atoms with Gasteiger partial charge in [-0.3, -0.25) is 0 Å². The number of halogens is 3. The van der Waals surface area contributed by atoms with Gasteiger partial charge in [0.05, 0.1) is 11.1 Å². The van der Waals surface area contributed by atoms with Crippen LogP contribution >= 0.6 is 61.5 Å². The van der Waals surface area contributed by atoms with Crippen molar-refractivity contribution in [2.45, 2.75) is 26.3 Å². The minimum Gasteiger partial charge on any atom is -0.306 e. The van der Waals surface area contributed by atoms with Crippen molar-refractivity contribution in [3.63, 3.8) is 0 Å². The largest absolute Gasteiger partial charge is 0.306 e. The van der Waals surface area contributed by atoms with Crippen LogP contribution < -0.4 is 5.32 Å². The molecule has 0 aliphatic heterocycles. The van der Waals surface area contributed by atoms with Crippen molar-refractivity contribution in [3.05, 3.63) is 52.6 Å². The van der Waals surface area contributed by atoms with E-state index in [0.717, 1.165) is 21.6 Å². The van der Waals surface area contributed by atoms with Crippen LogP contribution in [0.4, 0.5) is 0 Å². The lowest BCUT2D eigenvalue weighted by molar-refractivity contribution is 0.606. The maximum atomic E-state index is 6.27. The number of hydrogen-bond donors (Lipinski definition) is 1. The van der Waals surface area contributed by atoms with Crippen LogP contribution in [0.25, 0.3) is 0 Å². The highest BCUT2D eigenvalue weighted by atomic mass is 127. The summed E-state index contributed by atoms with van der Waals surface area (Å²) in [5.41, 5.74) is 1.22. The first kappa shape index (κ1) is 16.7. The first-order valence-corrected chi connectivity index (χ1v) is 9.53. The van der Waals surface area contributed by atoms with E-state index in [1.807, 2.05) is 11.3 Å². The Morgan fingerprint density at radius 2 is 2.15 bits per heavy atom. The van der Waals surface area contributed by atoms with Crippen LogP contribution in [0.1, 0.15) is 34.7 Å². The summed E-state index contributed by atoms with van der Waals surface area (Å²) >= 11 is 14.0. The number of thiophene rings is 1. The van der Waals surface area contributed by atoms with E-state index in [1.54, 1.807) is 0 Å². The van der Waals surface area contributed by atoms with Crippen LogP contribution in [0, 0.1) is 10.5 Å². The standard InChI is InChI=1S/C15H16BrClINS/c1-3-6-19-15(14-8-11(16)9(2)20-14)10-4-5-13(18)12(17)7-10/h4-5,7-8,15,19H,3,6H2,1-2H3. The molecule has 0 aliphatic rings. The highest BCUT2D eigenvalue weighted by Crippen LogP contribution is 2.35. The second-order valence-electron chi connectivity index (χ2n) is 4.61. The highest BCUT2D eigenvalue weighted by molar-refractivity contribution is 14.1. The van der Waals surface area contributed by atoms with E-state index in [-0.39, 0.29) is 6.04 Å². The Hall–Kier alpha value is 0.380. The molecule has 108 valence electrons. The van der Waals surface area contributed by atoms with Gasteiger partial charge < -0.3 is 5.32 Å². The first-order chi connectivity index (χ1) is 9.52. The lowest BCUT2D eigenvalue weighted by atomic mass is 10.1. The van der Waals surface area contributed by atoms with E-state index in [1.165, 1.54) is 19.8 Å². The van der Waals surface area contributed by atoms with Gasteiger partial charge in [0.2, 0.25) is 0 Å². The molecule has 0 fully saturated rings. The average Bonchev–Trinajstić information content (AvgIpc) is 2.74. The maximum Gasteiger partial charge on any atom is 0.0672 e. The fourth-order valence-corrected chi connectivity index (χ4v) is 4.18. The van der Waals surface area contributed by atoms with Crippen molar-refractivity contribution in [2.75, 3.05) is 6.54 Å². The zero-order valence-corrected chi connectivity index (χ0v) is 16.7. The fourth-order valence-electron chi connectivity index (χ4n) is 1.99. The van der Waals surface area contributed by atoms with E-state index in [4.69, 9.17) is 11.6 Å². The minimum atomic E-state index is 0.208. The summed E-state index contributed by atoms with van der Waals surface area (Å²) in [6.07, 6.45) is 1.11. The van der Waals surface area contributed by atoms with Gasteiger partial charge >= 0.3 is 0 Å². The Labute approximate surface area is 151 Å². The van der Waals surface area contributed by atoms with Gasteiger partial charge in [-0.05, 0) is 82.2 Å². The molecule has 1 aromatic carbocycles. The Morgan fingerprint density at radius 3 is 2.70 bits per heavy atom. The summed E-state index contributed by atoms with van der Waals surface area (Å²) in [5.74, 6) is 0. The van der Waals surface area contributed by atoms with Crippen LogP contribution in [-0.2, 0) is 0 Å². The molecule has 1 N–H and O–H groups in total. The molecule has 0 radical (unpaired) electrons. The van der Waals surface area contributed by atoms with Gasteiger partial charge in [-0.1, -0.05) is 24.6 Å². The average molecular weight is 485 g/mol. The van der Waals surface area contributed by atoms with Crippen LogP contribution in [0.2, 0.25) is 5.02 Å². The van der Waals surface area contributed by atoms with Crippen molar-refractivity contribution < 1.29 is 0 Å². The molecule has 1 heterocycles. The minimum absolute atomic E-state index is 0.208. The second kappa shape index (κ2) is 7.58. The predicted molar refractivity (Wildman–Crippen MR) is 101 cm³/mol. The van der Waals surface area contributed by atoms with Crippen molar-refractivity contribution in [3.8, 4) is 0 Å². The molecule has 1 aromatic heterocycles. The van der Waals surface area contributed by atoms with Crippen molar-refractivity contribution in [1.29, 1.82) is 0 Å². The van der Waals surface area contributed by atoms with Gasteiger partial charge in [0.15, 0.2) is 0 Å². The third-order valence-electron chi connectivity index (χ3n) is 3.04. The quantitative estimate of drug-likeness (QED) is 0.501. The second-order valence-corrected chi connectivity index (χ2v) is 8.33. The molecule has 0 aliphatic carbocycles. The van der Waals surface area contributed by atoms with Crippen molar-refractivity contribution in [2.24, 2.45) is 0 Å². The molecule has 0 amide bonds. The normalized spacial score (nSPS) is 12.7. The van der Waals surface area contributed by atoms with Crippen LogP contribution in [0.3, 0.4) is 0 Å². The molecule has 0 saturated heterocycles. The number of aryl methyl sites for hydroxylation is 1. The summed E-state index contributed by atoms with van der Waals surface area (Å²) in [7, 11) is 0. The van der Waals surface area contributed by atoms with Crippen LogP contribution in [-0.4, -0.2) is 6.54 Å². The molecule has 1 atom stereocenters. The molecule has 0 spiro atoms. The summed E-state index contributed by atoms with van der Waals surface area (Å²) in [6.45, 7) is 5.30. The fraction of sp³-hybridized carbons (Fsp3) is 0.333. The molecule has 1 unspecified atom stereocenters. The number of benzene rings is 1. The first-order valence-electron chi connectivity index (χ1n) is 6.47. The third-order valence-corrected chi connectivity index (χ3v) is 6.81. The Morgan fingerprint density at radius 1 is 1.40 bits per heavy atom. The van der Waals surface area contributed by atoms with Crippen LogP contribution in [0.5, 0.6) is 0 Å². The van der Waals surface area contributed by atoms with Gasteiger partial charge in [-0.2, -0.15) is 0 Å². The Balaban J connectivity index is 2.38. The van der Waals surface area contributed by atoms with Gasteiger partial charge in [-0.25, -0.2) is 0 Å². The highest BCUT2D eigenvalue weighted by Gasteiger charge is 2.17. The molecular formula is C15H16BrClINS. The molecule has 5 heteroatoms. The van der Waals surface area contributed by atoms with Gasteiger partial charge in [0, 0.05) is 17.8 Å². The topological polar surface area (TPSA) is 12.0 Å². The summed E-state index contributed by atoms with van der Waals surface area (Å²) < 4.78 is 2.27. The molecule has 0 bridgehead atoms. The van der Waals surface area contributed by atoms with E-state index >= 15 is 0 Å². The zero-order chi connectivity index (χ0) is 14.7. The SMILES string of the molecule is CCCNC(c1ccc(I)c(Cl)c1)c1cc(Br)c(C)s1. The van der Waals surface area contributed by atoms with Crippen molar-refractivity contribution in [1.82, 2.24) is 5.32 Å². The Bertz CT molecular complexity index is 580. The van der Waals surface area contributed by atoms with Gasteiger partial charge in [-0.15, -0.1) is 11.3 Å². The predicted octanol–water partition coefficient (Wildman–Crippen LogP) is 6.17. The molecule has 0 saturated carbocycles. The summed E-state index contributed by atoms with van der Waals surface area (Å²) in [6, 6.07) is 8.72. The molecule has 2 aromatic rings. The Kier molecular flexibility index (Phi) is 6.35. The van der Waals surface area contributed by atoms with Gasteiger partial charge in [0.25, 0.3) is 0 Å². The van der Waals surface area contributed by atoms with E-state index in [0.29, 0.717) is 0 Å².